The monoisotopic (exact) mass is 552 g/mol. The third-order valence-electron chi connectivity index (χ3n) is 10.5. The summed E-state index contributed by atoms with van der Waals surface area (Å²) in [7, 11) is 0. The number of esters is 2. The second kappa shape index (κ2) is 9.25. The normalized spacial score (nSPS) is 44.1. The summed E-state index contributed by atoms with van der Waals surface area (Å²) < 4.78 is 12.1. The zero-order valence-electron chi connectivity index (χ0n) is 23.1. The number of Topliss-reactive ketones (excluding diaryl/α,β-unsaturated/α-hetero) is 1. The zero-order chi connectivity index (χ0) is 29.4. The van der Waals surface area contributed by atoms with E-state index < -0.39 is 76.0 Å². The maximum absolute atomic E-state index is 14.4. The highest BCUT2D eigenvalue weighted by Gasteiger charge is 2.77. The Labute approximate surface area is 233 Å². The van der Waals surface area contributed by atoms with Crippen molar-refractivity contribution in [2.24, 2.45) is 22.7 Å². The molecule has 0 aliphatic heterocycles. The predicted molar refractivity (Wildman–Crippen MR) is 141 cm³/mol. The number of ketones is 1. The van der Waals surface area contributed by atoms with Crippen molar-refractivity contribution in [3.05, 3.63) is 47.0 Å². The molecule has 0 spiro atoms. The Morgan fingerprint density at radius 3 is 2.33 bits per heavy atom. The molecule has 4 aliphatic rings. The van der Waals surface area contributed by atoms with Crippen molar-refractivity contribution < 1.29 is 44.3 Å². The molecule has 1 aromatic rings. The number of carbonyl (C=O) groups excluding carboxylic acids is 3. The van der Waals surface area contributed by atoms with E-state index in [2.05, 4.69) is 5.92 Å². The number of terminal acetylenes is 1. The number of rotatable bonds is 3. The first-order valence-electron chi connectivity index (χ1n) is 13.6. The molecule has 10 atom stereocenters. The molecule has 4 N–H and O–H groups in total. The molecular weight excluding hydrogens is 516 g/mol. The first-order valence-corrected chi connectivity index (χ1v) is 13.6. The van der Waals surface area contributed by atoms with Gasteiger partial charge in [-0.3, -0.25) is 9.59 Å². The number of benzene rings is 1. The Hall–Kier alpha value is -3.03. The van der Waals surface area contributed by atoms with Crippen LogP contribution in [0.2, 0.25) is 0 Å². The molecule has 2 bridgehead atoms. The molecule has 4 aliphatic carbocycles. The molecule has 214 valence electrons. The molecule has 3 fully saturated rings. The van der Waals surface area contributed by atoms with Gasteiger partial charge in [-0.05, 0) is 63.3 Å². The van der Waals surface area contributed by atoms with E-state index >= 15 is 0 Å². The third-order valence-corrected chi connectivity index (χ3v) is 10.5. The highest BCUT2D eigenvalue weighted by atomic mass is 16.6. The lowest BCUT2D eigenvalue weighted by atomic mass is 9.41. The van der Waals surface area contributed by atoms with E-state index in [1.54, 1.807) is 18.2 Å². The second-order valence-corrected chi connectivity index (χ2v) is 12.3. The van der Waals surface area contributed by atoms with Gasteiger partial charge in [-0.25, -0.2) is 4.79 Å². The molecule has 1 aromatic carbocycles. The van der Waals surface area contributed by atoms with Gasteiger partial charge in [0, 0.05) is 19.3 Å². The van der Waals surface area contributed by atoms with Crippen molar-refractivity contribution in [1.29, 1.82) is 0 Å². The van der Waals surface area contributed by atoms with Crippen LogP contribution in [0.3, 0.4) is 0 Å². The molecule has 3 saturated carbocycles. The van der Waals surface area contributed by atoms with Crippen molar-refractivity contribution >= 4 is 17.7 Å². The number of fused-ring (bicyclic) bond motifs is 5. The van der Waals surface area contributed by atoms with Crippen molar-refractivity contribution in [3.63, 3.8) is 0 Å². The minimum atomic E-state index is -2.24. The summed E-state index contributed by atoms with van der Waals surface area (Å²) in [5.74, 6) is -1.42. The Morgan fingerprint density at radius 2 is 1.77 bits per heavy atom. The molecule has 0 amide bonds. The lowest BCUT2D eigenvalue weighted by Gasteiger charge is -2.67. The van der Waals surface area contributed by atoms with Crippen LogP contribution in [0.1, 0.15) is 63.7 Å². The van der Waals surface area contributed by atoms with E-state index in [1.807, 2.05) is 0 Å². The van der Waals surface area contributed by atoms with Gasteiger partial charge in [0.2, 0.25) is 0 Å². The van der Waals surface area contributed by atoms with Gasteiger partial charge in [0.25, 0.3) is 0 Å². The average Bonchev–Trinajstić information content (AvgIpc) is 2.91. The van der Waals surface area contributed by atoms with Crippen LogP contribution in [-0.2, 0) is 19.1 Å². The molecule has 40 heavy (non-hydrogen) atoms. The van der Waals surface area contributed by atoms with E-state index in [0.717, 1.165) is 0 Å². The van der Waals surface area contributed by atoms with Gasteiger partial charge in [0.05, 0.1) is 34.5 Å². The molecule has 5 rings (SSSR count). The van der Waals surface area contributed by atoms with Gasteiger partial charge >= 0.3 is 11.9 Å². The van der Waals surface area contributed by atoms with Crippen LogP contribution in [-0.4, -0.2) is 73.8 Å². The van der Waals surface area contributed by atoms with Gasteiger partial charge in [0.15, 0.2) is 5.78 Å². The van der Waals surface area contributed by atoms with Crippen LogP contribution >= 0.6 is 0 Å². The van der Waals surface area contributed by atoms with Crippen LogP contribution in [0.15, 0.2) is 41.5 Å². The van der Waals surface area contributed by atoms with Crippen molar-refractivity contribution in [2.75, 3.05) is 0 Å². The van der Waals surface area contributed by atoms with Crippen molar-refractivity contribution in [3.8, 4) is 12.3 Å². The lowest BCUT2D eigenvalue weighted by molar-refractivity contribution is -0.293. The molecule has 0 heterocycles. The number of hydrogen-bond donors (Lipinski definition) is 4. The topological polar surface area (TPSA) is 151 Å². The average molecular weight is 553 g/mol. The number of aliphatic hydroxyl groups excluding tert-OH is 3. The van der Waals surface area contributed by atoms with Crippen LogP contribution in [0.25, 0.3) is 0 Å². The van der Waals surface area contributed by atoms with Gasteiger partial charge in [-0.1, -0.05) is 24.1 Å². The quantitative estimate of drug-likeness (QED) is 0.250. The summed E-state index contributed by atoms with van der Waals surface area (Å²) in [4.78, 5) is 40.5. The van der Waals surface area contributed by atoms with Gasteiger partial charge in [-0.15, -0.1) is 6.42 Å². The Kier molecular flexibility index (Phi) is 6.59. The zero-order valence-corrected chi connectivity index (χ0v) is 23.1. The van der Waals surface area contributed by atoms with Crippen LogP contribution in [0, 0.1) is 35.0 Å². The van der Waals surface area contributed by atoms with Crippen LogP contribution in [0.4, 0.5) is 0 Å². The summed E-state index contributed by atoms with van der Waals surface area (Å²) in [6, 6.07) is 8.05. The maximum Gasteiger partial charge on any atom is 0.338 e. The summed E-state index contributed by atoms with van der Waals surface area (Å²) in [5, 5.41) is 47.0. The van der Waals surface area contributed by atoms with Crippen LogP contribution < -0.4 is 0 Å². The predicted octanol–water partition coefficient (Wildman–Crippen LogP) is 1.71. The summed E-state index contributed by atoms with van der Waals surface area (Å²) in [6.07, 6.45) is 0.429. The smallest absolute Gasteiger partial charge is 0.338 e. The Bertz CT molecular complexity index is 1330. The van der Waals surface area contributed by atoms with Crippen molar-refractivity contribution in [1.82, 2.24) is 0 Å². The minimum Gasteiger partial charge on any atom is -0.458 e. The van der Waals surface area contributed by atoms with E-state index in [9.17, 15) is 34.8 Å². The molecule has 0 radical (unpaired) electrons. The number of carbonyl (C=O) groups is 3. The fourth-order valence-electron chi connectivity index (χ4n) is 8.12. The maximum atomic E-state index is 14.4. The second-order valence-electron chi connectivity index (χ2n) is 12.3. The van der Waals surface area contributed by atoms with E-state index in [1.165, 1.54) is 39.8 Å². The summed E-state index contributed by atoms with van der Waals surface area (Å²) in [5.41, 5.74) is -6.93. The fraction of sp³-hybridized carbons (Fsp3) is 0.581. The first-order chi connectivity index (χ1) is 18.7. The third kappa shape index (κ3) is 3.53. The van der Waals surface area contributed by atoms with Crippen molar-refractivity contribution in [2.45, 2.75) is 89.0 Å². The fourth-order valence-corrected chi connectivity index (χ4v) is 8.12. The Balaban J connectivity index is 1.84. The first kappa shape index (κ1) is 28.5. The highest BCUT2D eigenvalue weighted by molar-refractivity contribution is 5.94. The Morgan fingerprint density at radius 1 is 1.12 bits per heavy atom. The summed E-state index contributed by atoms with van der Waals surface area (Å²) >= 11 is 0. The van der Waals surface area contributed by atoms with Crippen LogP contribution in [0.5, 0.6) is 0 Å². The molecule has 0 aromatic heterocycles. The molecular formula is C31H36O9. The molecule has 1 unspecified atom stereocenters. The summed E-state index contributed by atoms with van der Waals surface area (Å²) in [6.45, 7) is 5.68. The minimum absolute atomic E-state index is 0.0637. The highest BCUT2D eigenvalue weighted by Crippen LogP contribution is 2.67. The number of hydrogen-bond acceptors (Lipinski definition) is 9. The van der Waals surface area contributed by atoms with Gasteiger partial charge in [0.1, 0.15) is 23.4 Å². The van der Waals surface area contributed by atoms with E-state index in [-0.39, 0.29) is 36.0 Å². The SMILES string of the molecule is C#C[C@@]1(C)C2=C(C)[C@@H](O)C[C@@]1(O)[C@@H](OC(=O)c1ccccc1)C1[C@](C)(C(=O)[C@@H]2O)[C@@H](O)C[C@H]2CC[C@@]12OC(C)=O. The number of aliphatic hydroxyl groups is 4. The van der Waals surface area contributed by atoms with Gasteiger partial charge in [-0.2, -0.15) is 0 Å². The standard InChI is InChI=1S/C31H36O9/c1-6-28(4)22-16(2)20(33)15-31(28,38)26(39-27(37)18-10-8-7-9-11-18)24-29(5,25(36)23(22)35)21(34)14-19-12-13-30(19,24)40-17(3)32/h1,7-11,19-21,23-24,26,33-35,38H,12-15H2,2-5H3/t19-,20+,21+,23-,24?,26+,28+,29-,30+,31-/m1/s1. The largest absolute Gasteiger partial charge is 0.458 e. The molecule has 0 saturated heterocycles. The molecule has 9 heteroatoms. The number of ether oxygens (including phenoxy) is 2. The molecule has 9 nitrogen and oxygen atoms in total. The van der Waals surface area contributed by atoms with Gasteiger partial charge < -0.3 is 29.9 Å². The van der Waals surface area contributed by atoms with E-state index in [0.29, 0.717) is 6.42 Å². The lowest BCUT2D eigenvalue weighted by Crippen LogP contribution is -2.78. The van der Waals surface area contributed by atoms with E-state index in [4.69, 9.17) is 15.9 Å².